The first-order chi connectivity index (χ1) is 11.5. The van der Waals surface area contributed by atoms with Gasteiger partial charge in [0.05, 0.1) is 10.9 Å². The van der Waals surface area contributed by atoms with Crippen molar-refractivity contribution < 1.29 is 14.7 Å². The van der Waals surface area contributed by atoms with Gasteiger partial charge in [-0.2, -0.15) is 0 Å². The maximum atomic E-state index is 12.7. The van der Waals surface area contributed by atoms with Gasteiger partial charge in [0.1, 0.15) is 0 Å². The molecule has 1 aliphatic heterocycles. The van der Waals surface area contributed by atoms with Crippen LogP contribution in [-0.2, 0) is 9.59 Å². The summed E-state index contributed by atoms with van der Waals surface area (Å²) in [6.07, 6.45) is 5.04. The number of thioether (sulfide) groups is 1. The van der Waals surface area contributed by atoms with E-state index in [4.69, 9.17) is 0 Å². The molecule has 2 aliphatic rings. The van der Waals surface area contributed by atoms with E-state index >= 15 is 0 Å². The molecule has 6 heteroatoms. The van der Waals surface area contributed by atoms with E-state index in [-0.39, 0.29) is 18.4 Å². The zero-order valence-electron chi connectivity index (χ0n) is 13.7. The Labute approximate surface area is 146 Å². The van der Waals surface area contributed by atoms with Crippen molar-refractivity contribution in [3.8, 4) is 0 Å². The van der Waals surface area contributed by atoms with Gasteiger partial charge in [0, 0.05) is 18.4 Å². The third-order valence-corrected chi connectivity index (χ3v) is 5.67. The summed E-state index contributed by atoms with van der Waals surface area (Å²) in [6.45, 7) is 2.01. The van der Waals surface area contributed by atoms with Crippen LogP contribution in [0.2, 0.25) is 0 Å². The van der Waals surface area contributed by atoms with Crippen molar-refractivity contribution in [3.63, 3.8) is 0 Å². The van der Waals surface area contributed by atoms with Crippen molar-refractivity contribution in [1.82, 2.24) is 4.90 Å². The van der Waals surface area contributed by atoms with Gasteiger partial charge < -0.3 is 9.90 Å². The highest BCUT2D eigenvalue weighted by atomic mass is 32.2. The first-order valence-electron chi connectivity index (χ1n) is 8.39. The lowest BCUT2D eigenvalue weighted by molar-refractivity contribution is -0.305. The predicted molar refractivity (Wildman–Crippen MR) is 93.0 cm³/mol. The molecule has 24 heavy (non-hydrogen) atoms. The number of amides is 1. The molecule has 5 nitrogen and oxygen atoms in total. The largest absolute Gasteiger partial charge is 0.550 e. The number of carboxylic acid groups (broad SMARTS) is 1. The molecule has 1 atom stereocenters. The number of rotatable bonds is 4. The van der Waals surface area contributed by atoms with Crippen molar-refractivity contribution in [2.75, 3.05) is 0 Å². The lowest BCUT2D eigenvalue weighted by atomic mass is 9.94. The highest BCUT2D eigenvalue weighted by Crippen LogP contribution is 2.36. The fourth-order valence-electron chi connectivity index (χ4n) is 3.25. The Morgan fingerprint density at radius 3 is 2.54 bits per heavy atom. The van der Waals surface area contributed by atoms with Crippen LogP contribution in [-0.4, -0.2) is 33.2 Å². The van der Waals surface area contributed by atoms with Crippen molar-refractivity contribution >= 4 is 34.5 Å². The first-order valence-corrected chi connectivity index (χ1v) is 9.27. The molecular weight excluding hydrogens is 324 g/mol. The molecule has 1 amide bonds. The summed E-state index contributed by atoms with van der Waals surface area (Å²) in [5.74, 6) is -1.33. The molecule has 1 aromatic rings. The highest BCUT2D eigenvalue weighted by molar-refractivity contribution is 8.15. The quantitative estimate of drug-likeness (QED) is 0.840. The number of carbonyl (C=O) groups excluding carboxylic acids is 2. The maximum Gasteiger partial charge on any atom is 0.242 e. The van der Waals surface area contributed by atoms with Crippen LogP contribution < -0.4 is 5.11 Å². The minimum absolute atomic E-state index is 0.134. The monoisotopic (exact) mass is 345 g/mol. The van der Waals surface area contributed by atoms with Crippen LogP contribution in [0.3, 0.4) is 0 Å². The SMILES string of the molecule is Cc1ccc(N=C2S[C@@H](CC(=O)[O-])C(=O)N2C2CCCCC2)cc1. The van der Waals surface area contributed by atoms with E-state index < -0.39 is 11.2 Å². The number of hydrogen-bond acceptors (Lipinski definition) is 5. The number of nitrogens with zero attached hydrogens (tertiary/aromatic N) is 2. The minimum atomic E-state index is -1.19. The fraction of sp³-hybridized carbons (Fsp3) is 0.500. The molecule has 1 aliphatic carbocycles. The number of benzene rings is 1. The summed E-state index contributed by atoms with van der Waals surface area (Å²) in [5, 5.41) is 11.0. The standard InChI is InChI=1S/C18H22N2O3S/c1-12-7-9-13(10-8-12)19-18-20(14-5-3-2-4-6-14)17(23)15(24-18)11-16(21)22/h7-10,14-15H,2-6,11H2,1H3,(H,21,22)/p-1/t15-/m0/s1. The van der Waals surface area contributed by atoms with Gasteiger partial charge >= 0.3 is 0 Å². The molecule has 0 aromatic heterocycles. The van der Waals surface area contributed by atoms with E-state index in [1.54, 1.807) is 4.90 Å². The van der Waals surface area contributed by atoms with Crippen LogP contribution in [0.1, 0.15) is 44.1 Å². The summed E-state index contributed by atoms with van der Waals surface area (Å²) in [5.41, 5.74) is 1.93. The molecule has 128 valence electrons. The molecule has 1 saturated carbocycles. The molecule has 1 saturated heterocycles. The lowest BCUT2D eigenvalue weighted by Crippen LogP contribution is -2.42. The van der Waals surface area contributed by atoms with Gasteiger partial charge in [-0.15, -0.1) is 0 Å². The lowest BCUT2D eigenvalue weighted by Gasteiger charge is -2.30. The molecule has 3 rings (SSSR count). The van der Waals surface area contributed by atoms with Crippen molar-refractivity contribution in [2.24, 2.45) is 4.99 Å². The van der Waals surface area contributed by atoms with Crippen LogP contribution in [0, 0.1) is 6.92 Å². The van der Waals surface area contributed by atoms with E-state index in [1.807, 2.05) is 31.2 Å². The number of hydrogen-bond donors (Lipinski definition) is 0. The fourth-order valence-corrected chi connectivity index (χ4v) is 4.45. The van der Waals surface area contributed by atoms with Gasteiger partial charge in [-0.25, -0.2) is 4.99 Å². The van der Waals surface area contributed by atoms with Crippen molar-refractivity contribution in [1.29, 1.82) is 0 Å². The van der Waals surface area contributed by atoms with Gasteiger partial charge in [-0.1, -0.05) is 48.7 Å². The summed E-state index contributed by atoms with van der Waals surface area (Å²) < 4.78 is 0. The van der Waals surface area contributed by atoms with Crippen LogP contribution in [0.25, 0.3) is 0 Å². The maximum absolute atomic E-state index is 12.7. The number of aliphatic imine (C=N–C) groups is 1. The predicted octanol–water partition coefficient (Wildman–Crippen LogP) is 2.40. The van der Waals surface area contributed by atoms with Crippen LogP contribution in [0.4, 0.5) is 5.69 Å². The van der Waals surface area contributed by atoms with Gasteiger partial charge in [0.15, 0.2) is 5.17 Å². The number of aliphatic carboxylic acids is 1. The van der Waals surface area contributed by atoms with Crippen molar-refractivity contribution in [2.45, 2.75) is 56.7 Å². The van der Waals surface area contributed by atoms with Crippen LogP contribution in [0.5, 0.6) is 0 Å². The van der Waals surface area contributed by atoms with Gasteiger partial charge in [-0.3, -0.25) is 9.69 Å². The zero-order valence-corrected chi connectivity index (χ0v) is 14.6. The number of carboxylic acids is 1. The topological polar surface area (TPSA) is 72.8 Å². The summed E-state index contributed by atoms with van der Waals surface area (Å²) in [7, 11) is 0. The Morgan fingerprint density at radius 2 is 1.92 bits per heavy atom. The third-order valence-electron chi connectivity index (χ3n) is 4.52. The van der Waals surface area contributed by atoms with E-state index in [2.05, 4.69) is 4.99 Å². The molecular formula is C18H21N2O3S-. The Bertz CT molecular complexity index is 651. The van der Waals surface area contributed by atoms with E-state index in [1.165, 1.54) is 18.2 Å². The van der Waals surface area contributed by atoms with E-state index in [0.29, 0.717) is 5.17 Å². The second-order valence-corrected chi connectivity index (χ2v) is 7.58. The summed E-state index contributed by atoms with van der Waals surface area (Å²) >= 11 is 1.25. The average molecular weight is 345 g/mol. The van der Waals surface area contributed by atoms with Gasteiger partial charge in [0.2, 0.25) is 5.91 Å². The van der Waals surface area contributed by atoms with Gasteiger partial charge in [-0.05, 0) is 31.9 Å². The van der Waals surface area contributed by atoms with E-state index in [9.17, 15) is 14.7 Å². The molecule has 1 heterocycles. The van der Waals surface area contributed by atoms with Crippen molar-refractivity contribution in [3.05, 3.63) is 29.8 Å². The third kappa shape index (κ3) is 3.80. The highest BCUT2D eigenvalue weighted by Gasteiger charge is 2.41. The molecule has 0 unspecified atom stereocenters. The van der Waals surface area contributed by atoms with E-state index in [0.717, 1.165) is 36.9 Å². The second-order valence-electron chi connectivity index (χ2n) is 6.41. The summed E-state index contributed by atoms with van der Waals surface area (Å²) in [6, 6.07) is 7.92. The van der Waals surface area contributed by atoms with Crippen LogP contribution >= 0.6 is 11.8 Å². The summed E-state index contributed by atoms with van der Waals surface area (Å²) in [4.78, 5) is 30.1. The average Bonchev–Trinajstić information content (AvgIpc) is 2.85. The Morgan fingerprint density at radius 1 is 1.25 bits per heavy atom. The normalized spacial score (nSPS) is 23.9. The van der Waals surface area contributed by atoms with Gasteiger partial charge in [0.25, 0.3) is 0 Å². The number of aryl methyl sites for hydroxylation is 1. The Kier molecular flexibility index (Phi) is 5.23. The molecule has 1 aromatic carbocycles. The molecule has 0 bridgehead atoms. The zero-order chi connectivity index (χ0) is 17.1. The molecule has 0 N–H and O–H groups in total. The van der Waals surface area contributed by atoms with Crippen LogP contribution in [0.15, 0.2) is 29.3 Å². The minimum Gasteiger partial charge on any atom is -0.550 e. The number of carbonyl (C=O) groups is 2. The molecule has 2 fully saturated rings. The smallest absolute Gasteiger partial charge is 0.242 e. The second kappa shape index (κ2) is 7.38. The molecule has 0 radical (unpaired) electrons. The number of amidine groups is 1. The molecule has 0 spiro atoms. The first kappa shape index (κ1) is 17.0. The Balaban J connectivity index is 1.89. The Hall–Kier alpha value is -1.82.